The normalized spacial score (nSPS) is 11.2. The first kappa shape index (κ1) is 21.4. The molecule has 2 aromatic rings. The van der Waals surface area contributed by atoms with Crippen molar-refractivity contribution in [1.82, 2.24) is 0 Å². The highest BCUT2D eigenvalue weighted by Gasteiger charge is 2.32. The number of nitrogens with one attached hydrogen (secondary N) is 1. The van der Waals surface area contributed by atoms with Gasteiger partial charge in [0.15, 0.2) is 0 Å². The van der Waals surface area contributed by atoms with Gasteiger partial charge in [0, 0.05) is 19.1 Å². The molecule has 0 aliphatic carbocycles. The number of halogens is 4. The predicted molar refractivity (Wildman–Crippen MR) is 108 cm³/mol. The van der Waals surface area contributed by atoms with Gasteiger partial charge in [0.2, 0.25) is 0 Å². The highest BCUT2D eigenvalue weighted by molar-refractivity contribution is 9.15. The molecule has 2 aromatic carbocycles. The Morgan fingerprint density at radius 2 is 1.46 bits per heavy atom. The second-order valence-corrected chi connectivity index (χ2v) is 9.55. The molecule has 7 nitrogen and oxygen atoms in total. The SMILES string of the molecule is O=C(O)c1cccc(NS(=O)(=O)c2c(Br)c(Br)c(Br)c(Br)c2C(=O)O)c1. The van der Waals surface area contributed by atoms with Gasteiger partial charge in [0.05, 0.1) is 15.6 Å². The van der Waals surface area contributed by atoms with E-state index in [1.54, 1.807) is 0 Å². The number of aromatic carboxylic acids is 2. The van der Waals surface area contributed by atoms with E-state index >= 15 is 0 Å². The van der Waals surface area contributed by atoms with Gasteiger partial charge in [-0.05, 0) is 81.9 Å². The highest BCUT2D eigenvalue weighted by atomic mass is 79.9. The van der Waals surface area contributed by atoms with Gasteiger partial charge >= 0.3 is 11.9 Å². The lowest BCUT2D eigenvalue weighted by Crippen LogP contribution is -2.19. The third-order valence-corrected chi connectivity index (χ3v) is 9.55. The van der Waals surface area contributed by atoms with Gasteiger partial charge in [-0.3, -0.25) is 4.72 Å². The number of carboxylic acids is 2. The largest absolute Gasteiger partial charge is 0.478 e. The van der Waals surface area contributed by atoms with Crippen LogP contribution in [0.5, 0.6) is 0 Å². The highest BCUT2D eigenvalue weighted by Crippen LogP contribution is 2.44. The molecule has 0 heterocycles. The number of sulfonamides is 1. The molecule has 0 fully saturated rings. The van der Waals surface area contributed by atoms with Crippen LogP contribution in [0.4, 0.5) is 5.69 Å². The predicted octanol–water partition coefficient (Wildman–Crippen LogP) is 4.93. The molecule has 138 valence electrons. The summed E-state index contributed by atoms with van der Waals surface area (Å²) in [6.45, 7) is 0. The van der Waals surface area contributed by atoms with Crippen LogP contribution in [-0.2, 0) is 10.0 Å². The van der Waals surface area contributed by atoms with E-state index in [0.717, 1.165) is 6.07 Å². The number of carbonyl (C=O) groups is 2. The molecular weight excluding hydrogens is 630 g/mol. The molecule has 0 aromatic heterocycles. The van der Waals surface area contributed by atoms with Gasteiger partial charge in [0.25, 0.3) is 10.0 Å². The van der Waals surface area contributed by atoms with Crippen molar-refractivity contribution in [3.63, 3.8) is 0 Å². The molecule has 0 bridgehead atoms. The van der Waals surface area contributed by atoms with E-state index in [1.165, 1.54) is 18.2 Å². The maximum absolute atomic E-state index is 12.8. The average molecular weight is 637 g/mol. The molecule has 0 aliphatic heterocycles. The summed E-state index contributed by atoms with van der Waals surface area (Å²) in [7, 11) is -4.38. The summed E-state index contributed by atoms with van der Waals surface area (Å²) in [6.07, 6.45) is 0. The van der Waals surface area contributed by atoms with Crippen molar-refractivity contribution in [1.29, 1.82) is 0 Å². The van der Waals surface area contributed by atoms with E-state index in [4.69, 9.17) is 5.11 Å². The van der Waals surface area contributed by atoms with Crippen LogP contribution >= 0.6 is 63.7 Å². The van der Waals surface area contributed by atoms with Crippen LogP contribution in [0.15, 0.2) is 47.1 Å². The molecule has 26 heavy (non-hydrogen) atoms. The zero-order valence-corrected chi connectivity index (χ0v) is 19.4. The fourth-order valence-corrected chi connectivity index (χ4v) is 6.50. The minimum absolute atomic E-state index is 0.00753. The lowest BCUT2D eigenvalue weighted by atomic mass is 10.2. The van der Waals surface area contributed by atoms with Gasteiger partial charge in [-0.15, -0.1) is 0 Å². The Hall–Kier alpha value is -0.950. The van der Waals surface area contributed by atoms with E-state index < -0.39 is 32.4 Å². The summed E-state index contributed by atoms with van der Waals surface area (Å²) in [5, 5.41) is 18.5. The van der Waals surface area contributed by atoms with Crippen molar-refractivity contribution in [2.45, 2.75) is 4.90 Å². The minimum Gasteiger partial charge on any atom is -0.478 e. The Labute approximate surface area is 181 Å². The van der Waals surface area contributed by atoms with Crippen molar-refractivity contribution < 1.29 is 28.2 Å². The van der Waals surface area contributed by atoms with Crippen molar-refractivity contribution in [2.75, 3.05) is 4.72 Å². The van der Waals surface area contributed by atoms with Gasteiger partial charge in [0.1, 0.15) is 4.90 Å². The van der Waals surface area contributed by atoms with Crippen LogP contribution in [0.2, 0.25) is 0 Å². The maximum atomic E-state index is 12.8. The first-order valence-corrected chi connectivity index (χ1v) is 11.1. The minimum atomic E-state index is -4.38. The Balaban J connectivity index is 2.69. The number of benzene rings is 2. The second kappa shape index (κ2) is 7.97. The molecule has 0 radical (unpaired) electrons. The fraction of sp³-hybridized carbons (Fsp3) is 0. The number of anilines is 1. The van der Waals surface area contributed by atoms with Gasteiger partial charge < -0.3 is 10.2 Å². The molecule has 2 rings (SSSR count). The Morgan fingerprint density at radius 1 is 0.885 bits per heavy atom. The average Bonchev–Trinajstić information content (AvgIpc) is 2.55. The smallest absolute Gasteiger partial charge is 0.338 e. The Morgan fingerprint density at radius 3 is 2.00 bits per heavy atom. The number of hydrogen-bond acceptors (Lipinski definition) is 4. The summed E-state index contributed by atoms with van der Waals surface area (Å²) in [5.74, 6) is -2.70. The summed E-state index contributed by atoms with van der Waals surface area (Å²) >= 11 is 12.5. The van der Waals surface area contributed by atoms with Crippen LogP contribution in [0.3, 0.4) is 0 Å². The third-order valence-electron chi connectivity index (χ3n) is 3.07. The lowest BCUT2D eigenvalue weighted by molar-refractivity contribution is 0.0683. The number of rotatable bonds is 5. The molecule has 0 amide bonds. The van der Waals surface area contributed by atoms with Crippen LogP contribution in [0.25, 0.3) is 0 Å². The number of carboxylic acid groups (broad SMARTS) is 2. The van der Waals surface area contributed by atoms with Crippen molar-refractivity contribution in [3.8, 4) is 0 Å². The summed E-state index contributed by atoms with van der Waals surface area (Å²) in [4.78, 5) is 22.2. The van der Waals surface area contributed by atoms with E-state index in [1.807, 2.05) is 0 Å². The van der Waals surface area contributed by atoms with Crippen molar-refractivity contribution in [3.05, 3.63) is 53.3 Å². The molecule has 3 N–H and O–H groups in total. The van der Waals surface area contributed by atoms with Crippen LogP contribution in [-0.4, -0.2) is 30.6 Å². The lowest BCUT2D eigenvalue weighted by Gasteiger charge is -2.16. The first-order chi connectivity index (χ1) is 12.0. The third kappa shape index (κ3) is 4.14. The van der Waals surface area contributed by atoms with Gasteiger partial charge in [-0.2, -0.15) is 0 Å². The van der Waals surface area contributed by atoms with Crippen LogP contribution in [0, 0.1) is 0 Å². The number of hydrogen-bond donors (Lipinski definition) is 3. The van der Waals surface area contributed by atoms with E-state index in [-0.39, 0.29) is 24.7 Å². The van der Waals surface area contributed by atoms with Crippen LogP contribution in [0.1, 0.15) is 20.7 Å². The maximum Gasteiger partial charge on any atom is 0.338 e. The van der Waals surface area contributed by atoms with Gasteiger partial charge in [-0.1, -0.05) is 6.07 Å². The van der Waals surface area contributed by atoms with Gasteiger partial charge in [-0.25, -0.2) is 18.0 Å². The molecule has 0 saturated heterocycles. The summed E-state index contributed by atoms with van der Waals surface area (Å²) < 4.78 is 28.5. The Bertz CT molecular complexity index is 1040. The van der Waals surface area contributed by atoms with E-state index in [0.29, 0.717) is 4.47 Å². The van der Waals surface area contributed by atoms with Crippen molar-refractivity contribution in [2.24, 2.45) is 0 Å². The van der Waals surface area contributed by atoms with E-state index in [2.05, 4.69) is 68.4 Å². The quantitative estimate of drug-likeness (QED) is 0.316. The molecular formula is C14H7Br4NO6S. The monoisotopic (exact) mass is 633 g/mol. The molecule has 0 spiro atoms. The zero-order valence-electron chi connectivity index (χ0n) is 12.3. The molecule has 0 atom stereocenters. The molecule has 0 unspecified atom stereocenters. The zero-order chi connectivity index (χ0) is 19.8. The molecule has 0 saturated carbocycles. The topological polar surface area (TPSA) is 121 Å². The fourth-order valence-electron chi connectivity index (χ4n) is 1.98. The summed E-state index contributed by atoms with van der Waals surface area (Å²) in [5.41, 5.74) is -0.641. The summed E-state index contributed by atoms with van der Waals surface area (Å²) in [6, 6.07) is 5.13. The second-order valence-electron chi connectivity index (χ2n) is 4.76. The molecule has 12 heteroatoms. The molecule has 0 aliphatic rings. The Kier molecular flexibility index (Phi) is 6.54. The first-order valence-electron chi connectivity index (χ1n) is 6.42. The van der Waals surface area contributed by atoms with Crippen molar-refractivity contribution >= 4 is 91.4 Å². The van der Waals surface area contributed by atoms with Crippen LogP contribution < -0.4 is 4.72 Å². The van der Waals surface area contributed by atoms with E-state index in [9.17, 15) is 23.1 Å². The standard InChI is InChI=1S/C14H7Br4NO6S/c15-8-7(14(22)23)12(11(18)10(17)9(8)16)26(24,25)19-6-3-1-2-5(4-6)13(20)21/h1-4,19H,(H,20,21)(H,22,23).